The van der Waals surface area contributed by atoms with Gasteiger partial charge in [-0.15, -0.1) is 0 Å². The van der Waals surface area contributed by atoms with Crippen LogP contribution >= 0.6 is 0 Å². The van der Waals surface area contributed by atoms with Gasteiger partial charge in [0.05, 0.1) is 30.4 Å². The van der Waals surface area contributed by atoms with Crippen LogP contribution < -0.4 is 5.01 Å². The fraction of sp³-hybridized carbons (Fsp3) is 0.286. The lowest BCUT2D eigenvalue weighted by molar-refractivity contribution is -0.132. The fourth-order valence-electron chi connectivity index (χ4n) is 3.76. The zero-order chi connectivity index (χ0) is 19.0. The van der Waals surface area contributed by atoms with E-state index in [1.807, 2.05) is 66.4 Å². The molecule has 4 rings (SSSR count). The zero-order valence-corrected chi connectivity index (χ0v) is 15.3. The van der Waals surface area contributed by atoms with E-state index in [2.05, 4.69) is 5.10 Å². The number of esters is 1. The number of amides is 1. The van der Waals surface area contributed by atoms with Crippen LogP contribution in [0.25, 0.3) is 0 Å². The van der Waals surface area contributed by atoms with Crippen molar-refractivity contribution in [2.24, 2.45) is 5.10 Å². The van der Waals surface area contributed by atoms with Gasteiger partial charge in [0.25, 0.3) is 5.91 Å². The highest BCUT2D eigenvalue weighted by Gasteiger charge is 2.40. The minimum atomic E-state index is -0.422. The number of carbonyl (C=O) groups excluding carboxylic acids is 2. The Morgan fingerprint density at radius 3 is 2.59 bits per heavy atom. The normalized spacial score (nSPS) is 19.7. The van der Waals surface area contributed by atoms with Crippen LogP contribution in [0.3, 0.4) is 0 Å². The molecular formula is C21H21N3O3. The van der Waals surface area contributed by atoms with E-state index < -0.39 is 5.97 Å². The SMILES string of the molecule is COC(=O)C1=NN2c3ccccc3C(=O)N([C@@H](C)c3ccccc3)C[C@@H]2C1. The van der Waals surface area contributed by atoms with E-state index in [1.165, 1.54) is 7.11 Å². The summed E-state index contributed by atoms with van der Waals surface area (Å²) in [5, 5.41) is 6.28. The molecule has 0 radical (unpaired) electrons. The Kier molecular flexibility index (Phi) is 4.39. The third-order valence-corrected chi connectivity index (χ3v) is 5.22. The van der Waals surface area contributed by atoms with Crippen LogP contribution in [0, 0.1) is 0 Å². The van der Waals surface area contributed by atoms with Gasteiger partial charge in [-0.3, -0.25) is 9.80 Å². The van der Waals surface area contributed by atoms with Crippen LogP contribution in [0.1, 0.15) is 35.3 Å². The monoisotopic (exact) mass is 363 g/mol. The topological polar surface area (TPSA) is 62.2 Å². The summed E-state index contributed by atoms with van der Waals surface area (Å²) >= 11 is 0. The highest BCUT2D eigenvalue weighted by Crippen LogP contribution is 2.35. The molecule has 0 spiro atoms. The van der Waals surface area contributed by atoms with E-state index in [1.54, 1.807) is 5.01 Å². The molecule has 138 valence electrons. The van der Waals surface area contributed by atoms with Gasteiger partial charge in [-0.1, -0.05) is 42.5 Å². The number of anilines is 1. The number of nitrogens with zero attached hydrogens (tertiary/aromatic N) is 3. The summed E-state index contributed by atoms with van der Waals surface area (Å²) in [5.41, 5.74) is 2.79. The number of methoxy groups -OCH3 is 1. The lowest BCUT2D eigenvalue weighted by atomic mass is 10.0. The molecule has 2 aliphatic rings. The van der Waals surface area contributed by atoms with Gasteiger partial charge < -0.3 is 9.64 Å². The minimum Gasteiger partial charge on any atom is -0.464 e. The molecule has 0 saturated heterocycles. The molecule has 0 unspecified atom stereocenters. The van der Waals surface area contributed by atoms with Crippen LogP contribution in [0.5, 0.6) is 0 Å². The fourth-order valence-corrected chi connectivity index (χ4v) is 3.76. The Morgan fingerprint density at radius 1 is 1.15 bits per heavy atom. The molecule has 27 heavy (non-hydrogen) atoms. The van der Waals surface area contributed by atoms with Crippen molar-refractivity contribution >= 4 is 23.3 Å². The molecule has 1 amide bonds. The van der Waals surface area contributed by atoms with Gasteiger partial charge >= 0.3 is 5.97 Å². The van der Waals surface area contributed by atoms with Crippen LogP contribution in [0.4, 0.5) is 5.69 Å². The molecule has 0 N–H and O–H groups in total. The number of ether oxygens (including phenoxy) is 1. The molecule has 6 nitrogen and oxygen atoms in total. The molecule has 2 heterocycles. The summed E-state index contributed by atoms with van der Waals surface area (Å²) in [5.74, 6) is -0.444. The van der Waals surface area contributed by atoms with Gasteiger partial charge in [-0.25, -0.2) is 4.79 Å². The molecule has 0 aromatic heterocycles. The molecule has 0 saturated carbocycles. The Labute approximate surface area is 158 Å². The van der Waals surface area contributed by atoms with Crippen LogP contribution in [0.15, 0.2) is 59.7 Å². The summed E-state index contributed by atoms with van der Waals surface area (Å²) in [6.07, 6.45) is 0.451. The predicted molar refractivity (Wildman–Crippen MR) is 103 cm³/mol. The molecule has 0 aliphatic carbocycles. The maximum atomic E-state index is 13.3. The quantitative estimate of drug-likeness (QED) is 0.787. The Balaban J connectivity index is 1.75. The first-order chi connectivity index (χ1) is 13.1. The second-order valence-corrected chi connectivity index (χ2v) is 6.80. The predicted octanol–water partition coefficient (Wildman–Crippen LogP) is 3.01. The average Bonchev–Trinajstić information content (AvgIpc) is 3.10. The Bertz CT molecular complexity index is 910. The summed E-state index contributed by atoms with van der Waals surface area (Å²) < 4.78 is 4.85. The van der Waals surface area contributed by atoms with Crippen molar-refractivity contribution < 1.29 is 14.3 Å². The van der Waals surface area contributed by atoms with E-state index in [0.717, 1.165) is 11.3 Å². The van der Waals surface area contributed by atoms with Gasteiger partial charge in [0.15, 0.2) is 0 Å². The first-order valence-corrected chi connectivity index (χ1v) is 9.00. The lowest BCUT2D eigenvalue weighted by Gasteiger charge is -2.31. The molecule has 2 aliphatic heterocycles. The third-order valence-electron chi connectivity index (χ3n) is 5.22. The standard InChI is InChI=1S/C21H21N3O3/c1-14(15-8-4-3-5-9-15)23-13-16-12-18(21(26)27-2)22-24(16)19-11-7-6-10-17(19)20(23)25/h3-11,14,16H,12-13H2,1-2H3/t14-,16-/m0/s1. The number of benzene rings is 2. The van der Waals surface area contributed by atoms with E-state index in [0.29, 0.717) is 24.2 Å². The molecule has 0 bridgehead atoms. The number of hydrogen-bond acceptors (Lipinski definition) is 5. The highest BCUT2D eigenvalue weighted by molar-refractivity contribution is 6.37. The van der Waals surface area contributed by atoms with Crippen molar-refractivity contribution in [1.29, 1.82) is 0 Å². The van der Waals surface area contributed by atoms with Crippen molar-refractivity contribution in [3.63, 3.8) is 0 Å². The van der Waals surface area contributed by atoms with Crippen molar-refractivity contribution in [2.45, 2.75) is 25.4 Å². The molecule has 2 aromatic rings. The summed E-state index contributed by atoms with van der Waals surface area (Å²) in [6, 6.07) is 17.2. The number of carbonyl (C=O) groups is 2. The summed E-state index contributed by atoms with van der Waals surface area (Å²) in [6.45, 7) is 2.51. The molecule has 2 aromatic carbocycles. The van der Waals surface area contributed by atoms with Gasteiger partial charge in [0.2, 0.25) is 0 Å². The second-order valence-electron chi connectivity index (χ2n) is 6.80. The number of para-hydroxylation sites is 1. The lowest BCUT2D eigenvalue weighted by Crippen LogP contribution is -2.40. The van der Waals surface area contributed by atoms with Crippen molar-refractivity contribution in [1.82, 2.24) is 4.90 Å². The van der Waals surface area contributed by atoms with Crippen LogP contribution in [-0.2, 0) is 9.53 Å². The average molecular weight is 363 g/mol. The van der Waals surface area contributed by atoms with Gasteiger partial charge in [-0.05, 0) is 24.6 Å². The molecule has 2 atom stereocenters. The number of rotatable bonds is 3. The molecule has 0 fully saturated rings. The summed E-state index contributed by atoms with van der Waals surface area (Å²) in [4.78, 5) is 27.2. The number of hydrogen-bond donors (Lipinski definition) is 0. The molecule has 6 heteroatoms. The third kappa shape index (κ3) is 2.97. The zero-order valence-electron chi connectivity index (χ0n) is 15.3. The Hall–Kier alpha value is -3.15. The second kappa shape index (κ2) is 6.87. The number of fused-ring (bicyclic) bond motifs is 3. The summed E-state index contributed by atoms with van der Waals surface area (Å²) in [7, 11) is 1.36. The maximum Gasteiger partial charge on any atom is 0.354 e. The molecular weight excluding hydrogens is 342 g/mol. The first kappa shape index (κ1) is 17.3. The minimum absolute atomic E-state index is 0.0221. The van der Waals surface area contributed by atoms with Crippen LogP contribution in [-0.4, -0.2) is 42.2 Å². The van der Waals surface area contributed by atoms with E-state index in [4.69, 9.17) is 4.74 Å². The van der Waals surface area contributed by atoms with E-state index in [9.17, 15) is 9.59 Å². The van der Waals surface area contributed by atoms with Gasteiger partial charge in [-0.2, -0.15) is 5.10 Å². The number of hydrazone groups is 1. The van der Waals surface area contributed by atoms with Gasteiger partial charge in [0, 0.05) is 13.0 Å². The van der Waals surface area contributed by atoms with Gasteiger partial charge in [0.1, 0.15) is 5.71 Å². The maximum absolute atomic E-state index is 13.3. The van der Waals surface area contributed by atoms with Crippen molar-refractivity contribution in [3.05, 3.63) is 65.7 Å². The van der Waals surface area contributed by atoms with Crippen molar-refractivity contribution in [3.8, 4) is 0 Å². The smallest absolute Gasteiger partial charge is 0.354 e. The largest absolute Gasteiger partial charge is 0.464 e. The van der Waals surface area contributed by atoms with Crippen LogP contribution in [0.2, 0.25) is 0 Å². The van der Waals surface area contributed by atoms with Crippen molar-refractivity contribution in [2.75, 3.05) is 18.7 Å². The highest BCUT2D eigenvalue weighted by atomic mass is 16.5. The van der Waals surface area contributed by atoms with E-state index >= 15 is 0 Å². The Morgan fingerprint density at radius 2 is 1.85 bits per heavy atom. The first-order valence-electron chi connectivity index (χ1n) is 9.00. The van der Waals surface area contributed by atoms with E-state index in [-0.39, 0.29) is 18.0 Å².